The summed E-state index contributed by atoms with van der Waals surface area (Å²) in [5.41, 5.74) is 0.526. The van der Waals surface area contributed by atoms with Gasteiger partial charge in [0.05, 0.1) is 11.5 Å². The zero-order valence-electron chi connectivity index (χ0n) is 10.8. The highest BCUT2D eigenvalue weighted by Crippen LogP contribution is 2.29. The van der Waals surface area contributed by atoms with Gasteiger partial charge < -0.3 is 9.84 Å². The molecular formula is C14H11BrFNO4. The number of nitro benzene ring substituents is 1. The number of nitro groups is 1. The topological polar surface area (TPSA) is 72.6 Å². The van der Waals surface area contributed by atoms with E-state index in [0.29, 0.717) is 10.0 Å². The van der Waals surface area contributed by atoms with E-state index >= 15 is 0 Å². The molecule has 0 aliphatic rings. The number of halogens is 2. The molecule has 21 heavy (non-hydrogen) atoms. The Morgan fingerprint density at radius 2 is 2.05 bits per heavy atom. The average molecular weight is 356 g/mol. The molecule has 0 spiro atoms. The number of ether oxygens (including phenoxy) is 1. The van der Waals surface area contributed by atoms with E-state index in [1.54, 1.807) is 6.07 Å². The van der Waals surface area contributed by atoms with E-state index < -0.39 is 10.7 Å². The lowest BCUT2D eigenvalue weighted by Crippen LogP contribution is -2.02. The van der Waals surface area contributed by atoms with Gasteiger partial charge in [-0.05, 0) is 29.8 Å². The van der Waals surface area contributed by atoms with Gasteiger partial charge in [-0.25, -0.2) is 4.39 Å². The van der Waals surface area contributed by atoms with Gasteiger partial charge in [0.2, 0.25) is 0 Å². The molecule has 0 radical (unpaired) electrons. The summed E-state index contributed by atoms with van der Waals surface area (Å²) in [6, 6.07) is 8.53. The first-order valence-electron chi connectivity index (χ1n) is 5.96. The zero-order valence-corrected chi connectivity index (χ0v) is 12.3. The molecule has 0 amide bonds. The number of hydrogen-bond acceptors (Lipinski definition) is 4. The number of aliphatic hydroxyl groups excluding tert-OH is 1. The molecule has 1 N–H and O–H groups in total. The van der Waals surface area contributed by atoms with E-state index in [-0.39, 0.29) is 30.2 Å². The highest BCUT2D eigenvalue weighted by atomic mass is 79.9. The molecule has 2 aromatic rings. The molecule has 110 valence electrons. The molecule has 0 saturated heterocycles. The Labute approximate surface area is 128 Å². The molecule has 5 nitrogen and oxygen atoms in total. The van der Waals surface area contributed by atoms with Gasteiger partial charge in [0, 0.05) is 16.1 Å². The van der Waals surface area contributed by atoms with Crippen LogP contribution in [0.25, 0.3) is 0 Å². The van der Waals surface area contributed by atoms with E-state index in [1.807, 2.05) is 0 Å². The Morgan fingerprint density at radius 3 is 2.67 bits per heavy atom. The molecule has 0 saturated carbocycles. The quantitative estimate of drug-likeness (QED) is 0.657. The molecule has 0 heterocycles. The van der Waals surface area contributed by atoms with Gasteiger partial charge in [0.1, 0.15) is 12.4 Å². The van der Waals surface area contributed by atoms with Crippen LogP contribution >= 0.6 is 15.9 Å². The monoisotopic (exact) mass is 355 g/mol. The van der Waals surface area contributed by atoms with Gasteiger partial charge in [-0.2, -0.15) is 0 Å². The first-order chi connectivity index (χ1) is 10.0. The Hall–Kier alpha value is -1.99. The second-order valence-electron chi connectivity index (χ2n) is 4.24. The molecule has 0 aromatic heterocycles. The summed E-state index contributed by atoms with van der Waals surface area (Å²) < 4.78 is 19.6. The summed E-state index contributed by atoms with van der Waals surface area (Å²) in [6.45, 7) is -0.407. The summed E-state index contributed by atoms with van der Waals surface area (Å²) >= 11 is 3.14. The number of nitrogens with zero attached hydrogens (tertiary/aromatic N) is 1. The molecule has 0 fully saturated rings. The fourth-order valence-corrected chi connectivity index (χ4v) is 2.05. The Kier molecular flexibility index (Phi) is 4.87. The molecular weight excluding hydrogens is 345 g/mol. The van der Waals surface area contributed by atoms with Crippen LogP contribution in [0.2, 0.25) is 0 Å². The normalized spacial score (nSPS) is 10.4. The molecule has 7 heteroatoms. The first kappa shape index (κ1) is 15.4. The third-order valence-electron chi connectivity index (χ3n) is 2.80. The number of hydrogen-bond donors (Lipinski definition) is 1. The molecule has 0 unspecified atom stereocenters. The van der Waals surface area contributed by atoms with Crippen molar-refractivity contribution in [3.8, 4) is 5.75 Å². The van der Waals surface area contributed by atoms with Gasteiger partial charge in [0.15, 0.2) is 5.75 Å². The Balaban J connectivity index is 2.24. The van der Waals surface area contributed by atoms with Crippen LogP contribution in [0.5, 0.6) is 5.75 Å². The van der Waals surface area contributed by atoms with Crippen LogP contribution in [0, 0.1) is 15.9 Å². The number of rotatable bonds is 5. The Morgan fingerprint density at radius 1 is 1.29 bits per heavy atom. The second kappa shape index (κ2) is 6.64. The minimum atomic E-state index is -0.589. The third-order valence-corrected chi connectivity index (χ3v) is 3.30. The maximum absolute atomic E-state index is 13.7. The van der Waals surface area contributed by atoms with E-state index in [0.717, 1.165) is 0 Å². The lowest BCUT2D eigenvalue weighted by molar-refractivity contribution is -0.386. The van der Waals surface area contributed by atoms with Crippen LogP contribution in [0.3, 0.4) is 0 Å². The van der Waals surface area contributed by atoms with Crippen LogP contribution in [0.4, 0.5) is 10.1 Å². The largest absolute Gasteiger partial charge is 0.482 e. The number of aliphatic hydroxyl groups is 1. The highest BCUT2D eigenvalue weighted by molar-refractivity contribution is 9.10. The van der Waals surface area contributed by atoms with Crippen molar-refractivity contribution >= 4 is 21.6 Å². The molecule has 0 aliphatic carbocycles. The maximum atomic E-state index is 13.7. The minimum Gasteiger partial charge on any atom is -0.482 e. The predicted octanol–water partition coefficient (Wildman–Crippen LogP) is 3.57. The van der Waals surface area contributed by atoms with Gasteiger partial charge in [-0.1, -0.05) is 22.0 Å². The zero-order chi connectivity index (χ0) is 15.4. The maximum Gasteiger partial charge on any atom is 0.310 e. The van der Waals surface area contributed by atoms with E-state index in [2.05, 4.69) is 15.9 Å². The van der Waals surface area contributed by atoms with Crippen molar-refractivity contribution in [2.45, 2.75) is 13.2 Å². The van der Waals surface area contributed by atoms with Crippen LogP contribution in [-0.2, 0) is 13.2 Å². The second-order valence-corrected chi connectivity index (χ2v) is 5.16. The highest BCUT2D eigenvalue weighted by Gasteiger charge is 2.16. The predicted molar refractivity (Wildman–Crippen MR) is 77.5 cm³/mol. The fraction of sp³-hybridized carbons (Fsp3) is 0.143. The summed E-state index contributed by atoms with van der Waals surface area (Å²) in [5.74, 6) is -0.473. The summed E-state index contributed by atoms with van der Waals surface area (Å²) in [4.78, 5) is 10.3. The van der Waals surface area contributed by atoms with Crippen LogP contribution in [0.15, 0.2) is 40.9 Å². The summed E-state index contributed by atoms with van der Waals surface area (Å²) in [5, 5.41) is 20.0. The van der Waals surface area contributed by atoms with E-state index in [4.69, 9.17) is 9.84 Å². The van der Waals surface area contributed by atoms with Crippen LogP contribution < -0.4 is 4.74 Å². The molecule has 0 bridgehead atoms. The molecule has 0 aliphatic heterocycles. The average Bonchev–Trinajstić information content (AvgIpc) is 2.45. The Bertz CT molecular complexity index is 678. The first-order valence-corrected chi connectivity index (χ1v) is 6.75. The summed E-state index contributed by atoms with van der Waals surface area (Å²) in [7, 11) is 0. The van der Waals surface area contributed by atoms with Gasteiger partial charge >= 0.3 is 5.69 Å². The van der Waals surface area contributed by atoms with Gasteiger partial charge in [-0.3, -0.25) is 10.1 Å². The number of benzene rings is 2. The molecule has 2 aromatic carbocycles. The lowest BCUT2D eigenvalue weighted by Gasteiger charge is -2.09. The molecule has 2 rings (SSSR count). The van der Waals surface area contributed by atoms with Crippen molar-refractivity contribution < 1.29 is 19.2 Å². The van der Waals surface area contributed by atoms with Crippen LogP contribution in [-0.4, -0.2) is 10.0 Å². The van der Waals surface area contributed by atoms with Crippen molar-refractivity contribution in [2.24, 2.45) is 0 Å². The van der Waals surface area contributed by atoms with Crippen molar-refractivity contribution in [3.05, 3.63) is 67.9 Å². The van der Waals surface area contributed by atoms with Crippen LogP contribution in [0.1, 0.15) is 11.1 Å². The minimum absolute atomic E-state index is 0.00568. The van der Waals surface area contributed by atoms with Crippen molar-refractivity contribution in [1.82, 2.24) is 0 Å². The fourth-order valence-electron chi connectivity index (χ4n) is 1.72. The van der Waals surface area contributed by atoms with Gasteiger partial charge in [0.25, 0.3) is 0 Å². The van der Waals surface area contributed by atoms with Crippen molar-refractivity contribution in [1.29, 1.82) is 0 Å². The van der Waals surface area contributed by atoms with Crippen molar-refractivity contribution in [2.75, 3.05) is 0 Å². The van der Waals surface area contributed by atoms with Gasteiger partial charge in [-0.15, -0.1) is 0 Å². The van der Waals surface area contributed by atoms with E-state index in [1.165, 1.54) is 30.3 Å². The summed E-state index contributed by atoms with van der Waals surface area (Å²) in [6.07, 6.45) is 0. The van der Waals surface area contributed by atoms with E-state index in [9.17, 15) is 14.5 Å². The molecule has 0 atom stereocenters. The smallest absolute Gasteiger partial charge is 0.310 e. The third kappa shape index (κ3) is 3.77. The standard InChI is InChI=1S/C14H11BrFNO4/c15-11-3-2-10(12(16)6-11)8-21-14-5-9(7-18)1-4-13(14)17(19)20/h1-6,18H,7-8H2. The SMILES string of the molecule is O=[N+]([O-])c1ccc(CO)cc1OCc1ccc(Br)cc1F. The van der Waals surface area contributed by atoms with Crippen molar-refractivity contribution in [3.63, 3.8) is 0 Å². The lowest BCUT2D eigenvalue weighted by atomic mass is 10.2.